The molecule has 0 aromatic carbocycles. The summed E-state index contributed by atoms with van der Waals surface area (Å²) >= 11 is 0. The fourth-order valence-corrected chi connectivity index (χ4v) is 1.53. The summed E-state index contributed by atoms with van der Waals surface area (Å²) in [5.74, 6) is -14.2. The largest absolute Gasteiger partial charge is 0.460 e. The van der Waals surface area contributed by atoms with Gasteiger partial charge in [-0.2, -0.15) is 43.9 Å². The summed E-state index contributed by atoms with van der Waals surface area (Å²) in [6, 6.07) is -2.46. The smallest absolute Gasteiger partial charge is 0.362 e. The van der Waals surface area contributed by atoms with Crippen LogP contribution in [-0.2, 0) is 0 Å². The maximum absolute atomic E-state index is 13.4. The van der Waals surface area contributed by atoms with Gasteiger partial charge >= 0.3 is 30.2 Å². The number of carbonyl (C=O) groups excluding carboxylic acids is 1. The standard InChI is InChI=1S/C7H4F10N2O3/c8-2(9,3(10,11)6(12,13)14)4(21)5(22,7(15,16)17)19-1(20)18-4/h21-22H,(H2,18,19,20). The van der Waals surface area contributed by atoms with Crippen molar-refractivity contribution in [1.82, 2.24) is 10.6 Å². The van der Waals surface area contributed by atoms with E-state index in [-0.39, 0.29) is 10.6 Å². The van der Waals surface area contributed by atoms with Gasteiger partial charge in [0.15, 0.2) is 0 Å². The Morgan fingerprint density at radius 2 is 1.14 bits per heavy atom. The molecule has 0 radical (unpaired) electrons. The third kappa shape index (κ3) is 1.98. The number of carbonyl (C=O) groups is 1. The van der Waals surface area contributed by atoms with Gasteiger partial charge in [0.1, 0.15) is 0 Å². The SMILES string of the molecule is O=C1NC(O)(C(F)(F)F)C(O)(C(F)(F)C(F)(F)C(F)(F)F)N1. The van der Waals surface area contributed by atoms with E-state index in [2.05, 4.69) is 0 Å². The maximum atomic E-state index is 13.4. The molecule has 1 heterocycles. The highest BCUT2D eigenvalue weighted by molar-refractivity contribution is 5.79. The van der Waals surface area contributed by atoms with Crippen molar-refractivity contribution in [2.75, 3.05) is 0 Å². The lowest BCUT2D eigenvalue weighted by atomic mass is 9.89. The van der Waals surface area contributed by atoms with E-state index in [1.807, 2.05) is 0 Å². The summed E-state index contributed by atoms with van der Waals surface area (Å²) in [5.41, 5.74) is -11.3. The quantitative estimate of drug-likeness (QED) is 0.560. The first kappa shape index (κ1) is 18.5. The number of urea groups is 1. The Bertz CT molecular complexity index is 488. The van der Waals surface area contributed by atoms with Gasteiger partial charge in [0, 0.05) is 0 Å². The van der Waals surface area contributed by atoms with E-state index in [4.69, 9.17) is 10.2 Å². The monoisotopic (exact) mass is 354 g/mol. The van der Waals surface area contributed by atoms with Gasteiger partial charge in [-0.3, -0.25) is 5.32 Å². The molecular weight excluding hydrogens is 350 g/mol. The zero-order valence-corrected chi connectivity index (χ0v) is 9.58. The number of halogens is 10. The third-order valence-corrected chi connectivity index (χ3v) is 2.73. The van der Waals surface area contributed by atoms with Gasteiger partial charge in [-0.05, 0) is 0 Å². The minimum atomic E-state index is -7.23. The number of hydrogen-bond acceptors (Lipinski definition) is 3. The lowest BCUT2D eigenvalue weighted by Crippen LogP contribution is -2.79. The predicted octanol–water partition coefficient (Wildman–Crippen LogP) is 1.07. The Kier molecular flexibility index (Phi) is 3.60. The van der Waals surface area contributed by atoms with Crippen LogP contribution in [0.15, 0.2) is 0 Å². The van der Waals surface area contributed by atoms with Gasteiger partial charge < -0.3 is 15.5 Å². The van der Waals surface area contributed by atoms with Crippen molar-refractivity contribution >= 4 is 6.03 Å². The molecule has 2 amide bonds. The number of nitrogens with one attached hydrogen (secondary N) is 2. The van der Waals surface area contributed by atoms with Crippen LogP contribution in [0.3, 0.4) is 0 Å². The Hall–Kier alpha value is -1.51. The molecule has 4 N–H and O–H groups in total. The second kappa shape index (κ2) is 4.27. The van der Waals surface area contributed by atoms with Crippen LogP contribution in [0.2, 0.25) is 0 Å². The lowest BCUT2D eigenvalue weighted by molar-refractivity contribution is -0.429. The first-order valence-electron chi connectivity index (χ1n) is 4.79. The number of aliphatic hydroxyl groups is 2. The van der Waals surface area contributed by atoms with Gasteiger partial charge in [0.25, 0.3) is 11.4 Å². The topological polar surface area (TPSA) is 81.6 Å². The van der Waals surface area contributed by atoms with Gasteiger partial charge in [0.2, 0.25) is 0 Å². The van der Waals surface area contributed by atoms with Crippen molar-refractivity contribution in [1.29, 1.82) is 0 Å². The van der Waals surface area contributed by atoms with Crippen molar-refractivity contribution in [2.24, 2.45) is 0 Å². The van der Waals surface area contributed by atoms with E-state index in [1.54, 1.807) is 0 Å². The average Bonchev–Trinajstić information content (AvgIpc) is 2.48. The van der Waals surface area contributed by atoms with E-state index < -0.39 is 41.7 Å². The molecule has 0 bridgehead atoms. The normalized spacial score (nSPS) is 31.0. The molecule has 2 atom stereocenters. The summed E-state index contributed by atoms with van der Waals surface area (Å²) in [6.07, 6.45) is -13.5. The summed E-state index contributed by atoms with van der Waals surface area (Å²) < 4.78 is 126. The van der Waals surface area contributed by atoms with Crippen LogP contribution in [0.4, 0.5) is 48.7 Å². The first-order chi connectivity index (χ1) is 9.35. The van der Waals surface area contributed by atoms with Crippen molar-refractivity contribution < 1.29 is 58.9 Å². The first-order valence-corrected chi connectivity index (χ1v) is 4.79. The second-order valence-corrected chi connectivity index (χ2v) is 4.14. The number of hydrogen-bond donors (Lipinski definition) is 4. The fourth-order valence-electron chi connectivity index (χ4n) is 1.53. The minimum absolute atomic E-state index is 0.151. The Morgan fingerprint density at radius 1 is 0.773 bits per heavy atom. The highest BCUT2D eigenvalue weighted by atomic mass is 19.4. The number of rotatable bonds is 2. The van der Waals surface area contributed by atoms with Crippen LogP contribution < -0.4 is 10.6 Å². The van der Waals surface area contributed by atoms with Crippen LogP contribution in [0.1, 0.15) is 0 Å². The number of amides is 2. The molecule has 0 aliphatic carbocycles. The molecule has 1 rings (SSSR count). The van der Waals surface area contributed by atoms with Crippen LogP contribution in [0, 0.1) is 0 Å². The van der Waals surface area contributed by atoms with E-state index in [0.717, 1.165) is 0 Å². The summed E-state index contributed by atoms with van der Waals surface area (Å²) in [5, 5.41) is 18.4. The molecule has 0 spiro atoms. The zero-order chi connectivity index (χ0) is 18.0. The molecule has 1 aliphatic heterocycles. The van der Waals surface area contributed by atoms with Crippen LogP contribution in [0.5, 0.6) is 0 Å². The van der Waals surface area contributed by atoms with E-state index >= 15 is 0 Å². The summed E-state index contributed by atoms with van der Waals surface area (Å²) in [7, 11) is 0. The molecule has 22 heavy (non-hydrogen) atoms. The van der Waals surface area contributed by atoms with Crippen molar-refractivity contribution in [3.8, 4) is 0 Å². The second-order valence-electron chi connectivity index (χ2n) is 4.14. The average molecular weight is 354 g/mol. The molecular formula is C7H4F10N2O3. The highest BCUT2D eigenvalue weighted by Crippen LogP contribution is 2.55. The zero-order valence-electron chi connectivity index (χ0n) is 9.58. The molecule has 0 aromatic heterocycles. The van der Waals surface area contributed by atoms with Gasteiger partial charge in [-0.25, -0.2) is 4.79 Å². The molecule has 1 saturated heterocycles. The van der Waals surface area contributed by atoms with Gasteiger partial charge in [-0.15, -0.1) is 0 Å². The molecule has 1 aliphatic rings. The molecule has 15 heteroatoms. The predicted molar refractivity (Wildman–Crippen MR) is 43.6 cm³/mol. The summed E-state index contributed by atoms with van der Waals surface area (Å²) in [4.78, 5) is 10.6. The van der Waals surface area contributed by atoms with Crippen molar-refractivity contribution in [3.63, 3.8) is 0 Å². The Morgan fingerprint density at radius 3 is 1.45 bits per heavy atom. The molecule has 2 unspecified atom stereocenters. The van der Waals surface area contributed by atoms with Crippen LogP contribution in [0.25, 0.3) is 0 Å². The minimum Gasteiger partial charge on any atom is -0.362 e. The fraction of sp³-hybridized carbons (Fsp3) is 0.857. The van der Waals surface area contributed by atoms with Crippen molar-refractivity contribution in [2.45, 2.75) is 35.6 Å². The highest BCUT2D eigenvalue weighted by Gasteiger charge is 2.89. The number of alkyl halides is 10. The van der Waals surface area contributed by atoms with E-state index in [9.17, 15) is 48.7 Å². The maximum Gasteiger partial charge on any atom is 0.460 e. The van der Waals surface area contributed by atoms with Crippen molar-refractivity contribution in [3.05, 3.63) is 0 Å². The Balaban J connectivity index is 3.59. The molecule has 0 aromatic rings. The molecule has 5 nitrogen and oxygen atoms in total. The van der Waals surface area contributed by atoms with Crippen LogP contribution in [-0.4, -0.2) is 51.9 Å². The molecule has 130 valence electrons. The van der Waals surface area contributed by atoms with E-state index in [1.165, 1.54) is 0 Å². The Labute approximate surface area is 112 Å². The molecule has 1 fully saturated rings. The molecule has 0 saturated carbocycles. The van der Waals surface area contributed by atoms with Gasteiger partial charge in [0.05, 0.1) is 0 Å². The van der Waals surface area contributed by atoms with Gasteiger partial charge in [-0.1, -0.05) is 0 Å². The van der Waals surface area contributed by atoms with Crippen LogP contribution >= 0.6 is 0 Å². The van der Waals surface area contributed by atoms with E-state index in [0.29, 0.717) is 0 Å². The summed E-state index contributed by atoms with van der Waals surface area (Å²) in [6.45, 7) is 0. The lowest BCUT2D eigenvalue weighted by Gasteiger charge is -2.43. The third-order valence-electron chi connectivity index (χ3n) is 2.73.